The van der Waals surface area contributed by atoms with Gasteiger partial charge in [-0.05, 0) is 36.8 Å². The van der Waals surface area contributed by atoms with Gasteiger partial charge < -0.3 is 5.32 Å². The van der Waals surface area contributed by atoms with Crippen LogP contribution in [-0.2, 0) is 16.0 Å². The highest BCUT2D eigenvalue weighted by molar-refractivity contribution is 7.95. The molecule has 1 aliphatic rings. The van der Waals surface area contributed by atoms with E-state index in [9.17, 15) is 26.0 Å². The van der Waals surface area contributed by atoms with Crippen molar-refractivity contribution in [3.63, 3.8) is 0 Å². The van der Waals surface area contributed by atoms with Crippen LogP contribution in [0.3, 0.4) is 0 Å². The third-order valence-electron chi connectivity index (χ3n) is 4.73. The first kappa shape index (κ1) is 20.1. The van der Waals surface area contributed by atoms with Crippen LogP contribution in [0, 0.1) is 5.82 Å². The van der Waals surface area contributed by atoms with Crippen molar-refractivity contribution in [2.45, 2.75) is 24.0 Å². The highest BCUT2D eigenvalue weighted by Gasteiger charge is 2.41. The van der Waals surface area contributed by atoms with Gasteiger partial charge in [0.25, 0.3) is 0 Å². The number of hydrogen-bond acceptors (Lipinski definition) is 4. The van der Waals surface area contributed by atoms with Crippen molar-refractivity contribution >= 4 is 15.7 Å². The topological polar surface area (TPSA) is 64.0 Å². The maximum Gasteiger partial charge on any atom is 0.435 e. The first-order chi connectivity index (χ1) is 14.1. The van der Waals surface area contributed by atoms with Crippen LogP contribution in [0.25, 0.3) is 0 Å². The number of halogens is 4. The Hall–Kier alpha value is -3.14. The van der Waals surface area contributed by atoms with Crippen molar-refractivity contribution in [1.29, 1.82) is 0 Å². The van der Waals surface area contributed by atoms with E-state index in [0.717, 1.165) is 22.9 Å². The summed E-state index contributed by atoms with van der Waals surface area (Å²) in [7, 11) is -4.11. The molecule has 1 aliphatic heterocycles. The van der Waals surface area contributed by atoms with Gasteiger partial charge in [-0.3, -0.25) is 0 Å². The van der Waals surface area contributed by atoms with Crippen LogP contribution in [0.15, 0.2) is 76.2 Å². The first-order valence-corrected chi connectivity index (χ1v) is 10.3. The molecule has 0 radical (unpaired) electrons. The Balaban J connectivity index is 1.96. The Labute approximate surface area is 169 Å². The van der Waals surface area contributed by atoms with Crippen molar-refractivity contribution in [2.24, 2.45) is 0 Å². The summed E-state index contributed by atoms with van der Waals surface area (Å²) in [5.74, 6) is -0.571. The molecule has 1 aromatic heterocycles. The van der Waals surface area contributed by atoms with Gasteiger partial charge in [0.15, 0.2) is 5.69 Å². The Bertz CT molecular complexity index is 1230. The van der Waals surface area contributed by atoms with Crippen molar-refractivity contribution < 1.29 is 26.0 Å². The number of nitrogens with one attached hydrogen (secondary N) is 1. The van der Waals surface area contributed by atoms with Gasteiger partial charge in [-0.25, -0.2) is 17.5 Å². The molecule has 1 N–H and O–H groups in total. The second kappa shape index (κ2) is 6.98. The van der Waals surface area contributed by atoms with Gasteiger partial charge in [-0.15, -0.1) is 0 Å². The quantitative estimate of drug-likeness (QED) is 0.600. The lowest BCUT2D eigenvalue weighted by Gasteiger charge is -2.30. The van der Waals surface area contributed by atoms with E-state index >= 15 is 0 Å². The molecule has 0 amide bonds. The molecule has 5 nitrogen and oxygen atoms in total. The minimum Gasteiger partial charge on any atom is -0.343 e. The summed E-state index contributed by atoms with van der Waals surface area (Å²) in [4.78, 5) is -0.176. The molecule has 10 heteroatoms. The molecule has 0 fully saturated rings. The minimum atomic E-state index is -4.72. The Morgan fingerprint density at radius 3 is 2.27 bits per heavy atom. The number of nitrogens with zero attached hydrogens (tertiary/aromatic N) is 2. The number of fused-ring (bicyclic) bond motifs is 1. The van der Waals surface area contributed by atoms with Crippen molar-refractivity contribution in [2.75, 3.05) is 5.32 Å². The summed E-state index contributed by atoms with van der Waals surface area (Å²) in [6.07, 6.45) is -4.72. The van der Waals surface area contributed by atoms with Gasteiger partial charge in [0.2, 0.25) is 9.84 Å². The SMILES string of the molecule is CC1=C(S(=O)(=O)c2ccccc2)C(c2ccc(F)cc2)n2nc(C(F)(F)F)cc2N1. The molecule has 156 valence electrons. The molecular weight excluding hydrogens is 422 g/mol. The highest BCUT2D eigenvalue weighted by Crippen LogP contribution is 2.42. The van der Waals surface area contributed by atoms with Gasteiger partial charge in [-0.2, -0.15) is 18.3 Å². The zero-order chi connectivity index (χ0) is 21.7. The highest BCUT2D eigenvalue weighted by atomic mass is 32.2. The van der Waals surface area contributed by atoms with Crippen LogP contribution in [-0.4, -0.2) is 18.2 Å². The van der Waals surface area contributed by atoms with Gasteiger partial charge >= 0.3 is 6.18 Å². The molecular formula is C20H15F4N3O2S. The fourth-order valence-electron chi connectivity index (χ4n) is 3.41. The number of hydrogen-bond donors (Lipinski definition) is 1. The first-order valence-electron chi connectivity index (χ1n) is 8.79. The molecule has 1 atom stereocenters. The van der Waals surface area contributed by atoms with E-state index < -0.39 is 33.6 Å². The third kappa shape index (κ3) is 3.36. The molecule has 0 aliphatic carbocycles. The lowest BCUT2D eigenvalue weighted by Crippen LogP contribution is -2.28. The van der Waals surface area contributed by atoms with Gasteiger partial charge in [-0.1, -0.05) is 30.3 Å². The van der Waals surface area contributed by atoms with E-state index in [1.807, 2.05) is 0 Å². The molecule has 0 spiro atoms. The zero-order valence-corrected chi connectivity index (χ0v) is 16.3. The molecule has 0 saturated heterocycles. The number of rotatable bonds is 3. The Morgan fingerprint density at radius 2 is 1.67 bits per heavy atom. The number of allylic oxidation sites excluding steroid dienone is 2. The molecule has 0 saturated carbocycles. The number of benzene rings is 2. The molecule has 2 heterocycles. The summed E-state index contributed by atoms with van der Waals surface area (Å²) in [6, 6.07) is 12.1. The number of sulfone groups is 1. The van der Waals surface area contributed by atoms with E-state index in [1.165, 1.54) is 31.2 Å². The number of anilines is 1. The van der Waals surface area contributed by atoms with Crippen LogP contribution < -0.4 is 5.32 Å². The van der Waals surface area contributed by atoms with Crippen molar-refractivity contribution in [3.05, 3.63) is 88.3 Å². The zero-order valence-electron chi connectivity index (χ0n) is 15.5. The Morgan fingerprint density at radius 1 is 1.03 bits per heavy atom. The van der Waals surface area contributed by atoms with Crippen LogP contribution >= 0.6 is 0 Å². The van der Waals surface area contributed by atoms with Gasteiger partial charge in [0.1, 0.15) is 17.7 Å². The van der Waals surface area contributed by atoms with Crippen LogP contribution in [0.4, 0.5) is 23.4 Å². The predicted octanol–water partition coefficient (Wildman–Crippen LogP) is 4.76. The molecule has 1 unspecified atom stereocenters. The summed E-state index contributed by atoms with van der Waals surface area (Å²) in [6.45, 7) is 1.47. The average Bonchev–Trinajstić information content (AvgIpc) is 3.12. The Kier molecular flexibility index (Phi) is 4.69. The molecule has 0 bridgehead atoms. The van der Waals surface area contributed by atoms with E-state index in [-0.39, 0.29) is 26.9 Å². The largest absolute Gasteiger partial charge is 0.435 e. The van der Waals surface area contributed by atoms with Gasteiger partial charge in [0.05, 0.1) is 9.80 Å². The molecule has 2 aromatic carbocycles. The molecule has 3 aromatic rings. The van der Waals surface area contributed by atoms with Gasteiger partial charge in [0, 0.05) is 11.8 Å². The monoisotopic (exact) mass is 437 g/mol. The fourth-order valence-corrected chi connectivity index (χ4v) is 5.16. The maximum atomic E-state index is 13.5. The fraction of sp³-hybridized carbons (Fsp3) is 0.150. The molecule has 4 rings (SSSR count). The number of aromatic nitrogens is 2. The number of alkyl halides is 3. The average molecular weight is 437 g/mol. The summed E-state index contributed by atoms with van der Waals surface area (Å²) >= 11 is 0. The second-order valence-electron chi connectivity index (χ2n) is 6.74. The lowest BCUT2D eigenvalue weighted by atomic mass is 10.0. The van der Waals surface area contributed by atoms with E-state index in [4.69, 9.17) is 0 Å². The van der Waals surface area contributed by atoms with Crippen LogP contribution in [0.5, 0.6) is 0 Å². The van der Waals surface area contributed by atoms with E-state index in [1.54, 1.807) is 18.2 Å². The summed E-state index contributed by atoms with van der Waals surface area (Å²) in [5.41, 5.74) is -0.720. The predicted molar refractivity (Wildman–Crippen MR) is 102 cm³/mol. The van der Waals surface area contributed by atoms with Crippen molar-refractivity contribution in [1.82, 2.24) is 9.78 Å². The standard InChI is InChI=1S/C20H15F4N3O2S/c1-12-19(30(28,29)15-5-3-2-4-6-15)18(13-7-9-14(21)10-8-13)27-17(25-12)11-16(26-27)20(22,23)24/h2-11,18,25H,1H3. The van der Waals surface area contributed by atoms with Crippen molar-refractivity contribution in [3.8, 4) is 0 Å². The second-order valence-corrected chi connectivity index (χ2v) is 8.66. The smallest absolute Gasteiger partial charge is 0.343 e. The minimum absolute atomic E-state index is 0.0128. The van der Waals surface area contributed by atoms with Crippen LogP contribution in [0.2, 0.25) is 0 Å². The maximum absolute atomic E-state index is 13.5. The van der Waals surface area contributed by atoms with E-state index in [2.05, 4.69) is 10.4 Å². The summed E-state index contributed by atoms with van der Waals surface area (Å²) in [5, 5.41) is 6.35. The van der Waals surface area contributed by atoms with Crippen LogP contribution in [0.1, 0.15) is 24.2 Å². The molecule has 30 heavy (non-hydrogen) atoms. The summed E-state index contributed by atoms with van der Waals surface area (Å²) < 4.78 is 81.1. The third-order valence-corrected chi connectivity index (χ3v) is 6.73. The lowest BCUT2D eigenvalue weighted by molar-refractivity contribution is -0.141. The normalized spacial score (nSPS) is 16.9. The van der Waals surface area contributed by atoms with E-state index in [0.29, 0.717) is 0 Å².